The molecule has 5 rings (SSSR count). The number of thiazole rings is 1. The van der Waals surface area contributed by atoms with Gasteiger partial charge in [-0.1, -0.05) is 18.2 Å². The van der Waals surface area contributed by atoms with Crippen LogP contribution in [0.3, 0.4) is 0 Å². The van der Waals surface area contributed by atoms with E-state index in [1.807, 2.05) is 64.6 Å². The zero-order chi connectivity index (χ0) is 20.3. The number of aromatic nitrogens is 2. The zero-order valence-corrected chi connectivity index (χ0v) is 16.9. The van der Waals surface area contributed by atoms with E-state index in [0.29, 0.717) is 19.0 Å². The van der Waals surface area contributed by atoms with E-state index in [4.69, 9.17) is 9.47 Å². The third-order valence-corrected chi connectivity index (χ3v) is 5.51. The van der Waals surface area contributed by atoms with Crippen molar-refractivity contribution in [1.82, 2.24) is 9.38 Å². The number of nitrogens with one attached hydrogen (secondary N) is 1. The first-order chi connectivity index (χ1) is 14.7. The first-order valence-corrected chi connectivity index (χ1v) is 10.5. The van der Waals surface area contributed by atoms with E-state index in [1.165, 1.54) is 6.08 Å². The SMILES string of the molecule is O=C(/C=C/c1ccc2c(c1)OCCCO2)Nc1ccc(-c2cn3ccsc3n2)cc1. The smallest absolute Gasteiger partial charge is 0.248 e. The van der Waals surface area contributed by atoms with Crippen molar-refractivity contribution in [2.45, 2.75) is 6.42 Å². The van der Waals surface area contributed by atoms with E-state index in [0.717, 1.165) is 39.6 Å². The molecular formula is C23H19N3O3S. The summed E-state index contributed by atoms with van der Waals surface area (Å²) in [6.07, 6.45) is 8.12. The summed E-state index contributed by atoms with van der Waals surface area (Å²) in [5.74, 6) is 1.26. The van der Waals surface area contributed by atoms with Gasteiger partial charge in [0.05, 0.1) is 18.9 Å². The van der Waals surface area contributed by atoms with Crippen LogP contribution in [0.15, 0.2) is 66.3 Å². The van der Waals surface area contributed by atoms with Gasteiger partial charge in [0.1, 0.15) is 0 Å². The number of rotatable bonds is 4. The van der Waals surface area contributed by atoms with Gasteiger partial charge in [0.25, 0.3) is 0 Å². The summed E-state index contributed by atoms with van der Waals surface area (Å²) in [6.45, 7) is 1.29. The van der Waals surface area contributed by atoms with Gasteiger partial charge >= 0.3 is 0 Å². The van der Waals surface area contributed by atoms with Crippen LogP contribution in [0.1, 0.15) is 12.0 Å². The Morgan fingerprint density at radius 3 is 2.77 bits per heavy atom. The number of fused-ring (bicyclic) bond motifs is 2. The molecular weight excluding hydrogens is 398 g/mol. The summed E-state index contributed by atoms with van der Waals surface area (Å²) in [5.41, 5.74) is 3.53. The highest BCUT2D eigenvalue weighted by molar-refractivity contribution is 7.15. The van der Waals surface area contributed by atoms with Crippen LogP contribution in [-0.2, 0) is 4.79 Å². The number of benzene rings is 2. The second kappa shape index (κ2) is 8.04. The van der Waals surface area contributed by atoms with E-state index in [9.17, 15) is 4.79 Å². The van der Waals surface area contributed by atoms with Gasteiger partial charge in [-0.05, 0) is 35.9 Å². The molecule has 7 heteroatoms. The van der Waals surface area contributed by atoms with Crippen LogP contribution in [0.2, 0.25) is 0 Å². The monoisotopic (exact) mass is 417 g/mol. The van der Waals surface area contributed by atoms with Gasteiger partial charge in [-0.15, -0.1) is 11.3 Å². The minimum Gasteiger partial charge on any atom is -0.490 e. The molecule has 4 aromatic rings. The maximum Gasteiger partial charge on any atom is 0.248 e. The standard InChI is InChI=1S/C23H19N3O3S/c27-22(9-3-16-2-8-20-21(14-16)29-12-1-11-28-20)24-18-6-4-17(5-7-18)19-15-26-10-13-30-23(26)25-19/h2-10,13-15H,1,11-12H2,(H,24,27)/b9-3+. The van der Waals surface area contributed by atoms with E-state index < -0.39 is 0 Å². The molecule has 0 atom stereocenters. The van der Waals surface area contributed by atoms with Crippen molar-refractivity contribution < 1.29 is 14.3 Å². The summed E-state index contributed by atoms with van der Waals surface area (Å²) < 4.78 is 13.3. The number of ether oxygens (including phenoxy) is 2. The molecule has 1 N–H and O–H groups in total. The molecule has 0 radical (unpaired) electrons. The summed E-state index contributed by atoms with van der Waals surface area (Å²) in [5, 5.41) is 4.88. The lowest BCUT2D eigenvalue weighted by atomic mass is 10.1. The van der Waals surface area contributed by atoms with Crippen LogP contribution in [0, 0.1) is 0 Å². The van der Waals surface area contributed by atoms with Gasteiger partial charge < -0.3 is 14.8 Å². The van der Waals surface area contributed by atoms with Gasteiger partial charge in [-0.2, -0.15) is 0 Å². The summed E-state index contributed by atoms with van der Waals surface area (Å²) in [6, 6.07) is 13.3. The molecule has 150 valence electrons. The Bertz CT molecular complexity index is 1200. The van der Waals surface area contributed by atoms with Crippen molar-refractivity contribution in [3.05, 3.63) is 71.9 Å². The minimum absolute atomic E-state index is 0.197. The lowest BCUT2D eigenvalue weighted by Crippen LogP contribution is -2.07. The molecule has 6 nitrogen and oxygen atoms in total. The highest BCUT2D eigenvalue weighted by Crippen LogP contribution is 2.30. The topological polar surface area (TPSA) is 64.9 Å². The molecule has 1 aliphatic heterocycles. The van der Waals surface area contributed by atoms with Crippen molar-refractivity contribution >= 4 is 34.0 Å². The fraction of sp³-hybridized carbons (Fsp3) is 0.130. The highest BCUT2D eigenvalue weighted by atomic mass is 32.1. The number of hydrogen-bond acceptors (Lipinski definition) is 5. The molecule has 1 amide bonds. The molecule has 0 unspecified atom stereocenters. The molecule has 0 bridgehead atoms. The fourth-order valence-corrected chi connectivity index (χ4v) is 3.93. The summed E-state index contributed by atoms with van der Waals surface area (Å²) >= 11 is 1.60. The van der Waals surface area contributed by atoms with Crippen molar-refractivity contribution in [3.8, 4) is 22.8 Å². The lowest BCUT2D eigenvalue weighted by molar-refractivity contribution is -0.111. The fourth-order valence-electron chi connectivity index (χ4n) is 3.23. The Morgan fingerprint density at radius 1 is 1.10 bits per heavy atom. The second-order valence-corrected chi connectivity index (χ2v) is 7.75. The molecule has 0 saturated carbocycles. The number of carbonyl (C=O) groups is 1. The van der Waals surface area contributed by atoms with Crippen molar-refractivity contribution in [1.29, 1.82) is 0 Å². The molecule has 0 saturated heterocycles. The number of hydrogen-bond donors (Lipinski definition) is 1. The zero-order valence-electron chi connectivity index (χ0n) is 16.1. The van der Waals surface area contributed by atoms with E-state index in [2.05, 4.69) is 10.3 Å². The Kier molecular flexibility index (Phi) is 4.94. The number of nitrogens with zero attached hydrogens (tertiary/aromatic N) is 2. The minimum atomic E-state index is -0.197. The Labute approximate surface area is 177 Å². The number of carbonyl (C=O) groups excluding carboxylic acids is 1. The van der Waals surface area contributed by atoms with Gasteiger partial charge in [0.2, 0.25) is 5.91 Å². The Hall–Kier alpha value is -3.58. The van der Waals surface area contributed by atoms with E-state index >= 15 is 0 Å². The summed E-state index contributed by atoms with van der Waals surface area (Å²) in [4.78, 5) is 17.9. The van der Waals surface area contributed by atoms with E-state index in [1.54, 1.807) is 17.4 Å². The first kappa shape index (κ1) is 18.4. The number of anilines is 1. The van der Waals surface area contributed by atoms with Crippen LogP contribution >= 0.6 is 11.3 Å². The maximum absolute atomic E-state index is 12.3. The molecule has 30 heavy (non-hydrogen) atoms. The molecule has 0 spiro atoms. The third kappa shape index (κ3) is 3.92. The van der Waals surface area contributed by atoms with Gasteiger partial charge in [0, 0.05) is 41.5 Å². The average molecular weight is 417 g/mol. The van der Waals surface area contributed by atoms with Crippen LogP contribution in [0.5, 0.6) is 11.5 Å². The first-order valence-electron chi connectivity index (χ1n) is 9.66. The lowest BCUT2D eigenvalue weighted by Gasteiger charge is -2.07. The van der Waals surface area contributed by atoms with Crippen LogP contribution in [0.25, 0.3) is 22.3 Å². The molecule has 2 aromatic heterocycles. The second-order valence-electron chi connectivity index (χ2n) is 6.88. The van der Waals surface area contributed by atoms with Crippen molar-refractivity contribution in [3.63, 3.8) is 0 Å². The summed E-state index contributed by atoms with van der Waals surface area (Å²) in [7, 11) is 0. The molecule has 0 fully saturated rings. The maximum atomic E-state index is 12.3. The van der Waals surface area contributed by atoms with Crippen LogP contribution in [0.4, 0.5) is 5.69 Å². The predicted octanol–water partition coefficient (Wildman–Crippen LogP) is 4.88. The van der Waals surface area contributed by atoms with Gasteiger partial charge in [-0.25, -0.2) is 4.98 Å². The molecule has 0 aliphatic carbocycles. The van der Waals surface area contributed by atoms with Crippen molar-refractivity contribution in [2.75, 3.05) is 18.5 Å². The predicted molar refractivity (Wildman–Crippen MR) is 118 cm³/mol. The van der Waals surface area contributed by atoms with Crippen molar-refractivity contribution in [2.24, 2.45) is 0 Å². The quantitative estimate of drug-likeness (QED) is 0.481. The third-order valence-electron chi connectivity index (χ3n) is 4.74. The Balaban J connectivity index is 1.24. The van der Waals surface area contributed by atoms with Gasteiger partial charge in [0.15, 0.2) is 16.5 Å². The van der Waals surface area contributed by atoms with Crippen LogP contribution in [-0.4, -0.2) is 28.5 Å². The highest BCUT2D eigenvalue weighted by Gasteiger charge is 2.10. The molecule has 3 heterocycles. The number of amides is 1. The Morgan fingerprint density at radius 2 is 1.93 bits per heavy atom. The van der Waals surface area contributed by atoms with Crippen LogP contribution < -0.4 is 14.8 Å². The number of imidazole rings is 1. The normalized spacial score (nSPS) is 13.5. The average Bonchev–Trinajstić information content (AvgIpc) is 3.28. The molecule has 1 aliphatic rings. The van der Waals surface area contributed by atoms with E-state index in [-0.39, 0.29) is 5.91 Å². The van der Waals surface area contributed by atoms with Gasteiger partial charge in [-0.3, -0.25) is 9.20 Å². The molecule has 2 aromatic carbocycles. The largest absolute Gasteiger partial charge is 0.490 e.